The lowest BCUT2D eigenvalue weighted by Crippen LogP contribution is -2.52. The first-order chi connectivity index (χ1) is 8.01. The van der Waals surface area contributed by atoms with E-state index in [0.717, 1.165) is 25.9 Å². The Morgan fingerprint density at radius 3 is 2.29 bits per heavy atom. The Labute approximate surface area is 104 Å². The highest BCUT2D eigenvalue weighted by Gasteiger charge is 2.31. The molecule has 0 atom stereocenters. The molecular formula is C13H26N2O2. The van der Waals surface area contributed by atoms with Gasteiger partial charge in [0.15, 0.2) is 0 Å². The number of carbonyl (C=O) groups is 1. The zero-order valence-electron chi connectivity index (χ0n) is 11.3. The van der Waals surface area contributed by atoms with Crippen LogP contribution in [-0.4, -0.2) is 47.2 Å². The molecule has 1 aliphatic rings. The molecule has 0 aromatic heterocycles. The molecule has 0 unspecified atom stereocenters. The molecule has 0 aromatic rings. The first-order valence-electron chi connectivity index (χ1n) is 6.72. The molecule has 1 fully saturated rings. The zero-order valence-corrected chi connectivity index (χ0v) is 11.3. The summed E-state index contributed by atoms with van der Waals surface area (Å²) in [7, 11) is 0. The van der Waals surface area contributed by atoms with E-state index in [4.69, 9.17) is 5.11 Å². The first-order valence-corrected chi connectivity index (χ1v) is 6.72. The molecule has 0 aromatic carbocycles. The van der Waals surface area contributed by atoms with Crippen LogP contribution in [0.2, 0.25) is 0 Å². The summed E-state index contributed by atoms with van der Waals surface area (Å²) < 4.78 is 0. The van der Waals surface area contributed by atoms with E-state index in [0.29, 0.717) is 11.6 Å². The van der Waals surface area contributed by atoms with Gasteiger partial charge in [-0.2, -0.15) is 0 Å². The van der Waals surface area contributed by atoms with Gasteiger partial charge < -0.3 is 10.4 Å². The standard InChI is InChI=1S/C13H26N2O2/c1-4-13(3,5-2)15-8-6-11(7-9-15)14-10-12(16)17/h11,14H,4-10H2,1-3H3,(H,16,17). The van der Waals surface area contributed by atoms with Gasteiger partial charge in [0.25, 0.3) is 0 Å². The predicted molar refractivity (Wildman–Crippen MR) is 69.2 cm³/mol. The van der Waals surface area contributed by atoms with E-state index in [1.54, 1.807) is 0 Å². The van der Waals surface area contributed by atoms with Crippen molar-refractivity contribution < 1.29 is 9.90 Å². The van der Waals surface area contributed by atoms with Crippen LogP contribution in [0.25, 0.3) is 0 Å². The van der Waals surface area contributed by atoms with Gasteiger partial charge in [0, 0.05) is 24.7 Å². The van der Waals surface area contributed by atoms with Crippen LogP contribution < -0.4 is 5.32 Å². The van der Waals surface area contributed by atoms with E-state index in [-0.39, 0.29) is 6.54 Å². The molecule has 1 aliphatic heterocycles. The molecule has 1 heterocycles. The van der Waals surface area contributed by atoms with Crippen LogP contribution in [0.5, 0.6) is 0 Å². The monoisotopic (exact) mass is 242 g/mol. The summed E-state index contributed by atoms with van der Waals surface area (Å²) in [5, 5.41) is 11.7. The second kappa shape index (κ2) is 6.36. The van der Waals surface area contributed by atoms with Gasteiger partial charge in [0.05, 0.1) is 6.54 Å². The number of hydrogen-bond donors (Lipinski definition) is 2. The molecule has 1 saturated heterocycles. The SMILES string of the molecule is CCC(C)(CC)N1CCC(NCC(=O)O)CC1. The van der Waals surface area contributed by atoms with Crippen molar-refractivity contribution in [1.29, 1.82) is 0 Å². The topological polar surface area (TPSA) is 52.6 Å². The number of nitrogens with zero attached hydrogens (tertiary/aromatic N) is 1. The smallest absolute Gasteiger partial charge is 0.317 e. The molecule has 0 spiro atoms. The summed E-state index contributed by atoms with van der Waals surface area (Å²) in [6.07, 6.45) is 4.47. The molecule has 17 heavy (non-hydrogen) atoms. The maximum absolute atomic E-state index is 10.5. The van der Waals surface area contributed by atoms with Gasteiger partial charge in [-0.3, -0.25) is 9.69 Å². The number of rotatable bonds is 6. The molecule has 4 nitrogen and oxygen atoms in total. The summed E-state index contributed by atoms with van der Waals surface area (Å²) >= 11 is 0. The number of hydrogen-bond acceptors (Lipinski definition) is 3. The quantitative estimate of drug-likeness (QED) is 0.744. The van der Waals surface area contributed by atoms with Crippen molar-refractivity contribution in [3.63, 3.8) is 0 Å². The minimum absolute atomic E-state index is 0.0868. The van der Waals surface area contributed by atoms with Crippen molar-refractivity contribution in [3.8, 4) is 0 Å². The number of aliphatic carboxylic acids is 1. The van der Waals surface area contributed by atoms with Crippen molar-refractivity contribution in [2.45, 2.75) is 58.0 Å². The van der Waals surface area contributed by atoms with Crippen molar-refractivity contribution in [2.24, 2.45) is 0 Å². The van der Waals surface area contributed by atoms with Crippen LogP contribution in [0.1, 0.15) is 46.5 Å². The maximum Gasteiger partial charge on any atom is 0.317 e. The summed E-state index contributed by atoms with van der Waals surface area (Å²) in [4.78, 5) is 13.0. The van der Waals surface area contributed by atoms with E-state index in [9.17, 15) is 4.79 Å². The molecule has 4 heteroatoms. The van der Waals surface area contributed by atoms with Crippen LogP contribution in [0.15, 0.2) is 0 Å². The maximum atomic E-state index is 10.5. The van der Waals surface area contributed by atoms with Crippen LogP contribution in [0.4, 0.5) is 0 Å². The predicted octanol–water partition coefficient (Wildman–Crippen LogP) is 1.70. The van der Waals surface area contributed by atoms with E-state index in [1.807, 2.05) is 0 Å². The van der Waals surface area contributed by atoms with Crippen molar-refractivity contribution >= 4 is 5.97 Å². The van der Waals surface area contributed by atoms with Gasteiger partial charge in [0.2, 0.25) is 0 Å². The Kier molecular flexibility index (Phi) is 5.40. The van der Waals surface area contributed by atoms with E-state index in [1.165, 1.54) is 12.8 Å². The third-order valence-electron chi connectivity index (χ3n) is 4.32. The van der Waals surface area contributed by atoms with Crippen LogP contribution >= 0.6 is 0 Å². The number of nitrogens with one attached hydrogen (secondary N) is 1. The third-order valence-corrected chi connectivity index (χ3v) is 4.32. The Bertz CT molecular complexity index is 244. The molecule has 0 bridgehead atoms. The molecule has 1 rings (SSSR count). The van der Waals surface area contributed by atoms with Gasteiger partial charge in [-0.1, -0.05) is 13.8 Å². The average Bonchev–Trinajstić information content (AvgIpc) is 2.36. The average molecular weight is 242 g/mol. The summed E-state index contributed by atoms with van der Waals surface area (Å²) in [6, 6.07) is 0.375. The fourth-order valence-electron chi connectivity index (χ4n) is 2.55. The molecule has 0 aliphatic carbocycles. The van der Waals surface area contributed by atoms with Gasteiger partial charge in [-0.25, -0.2) is 0 Å². The largest absolute Gasteiger partial charge is 0.480 e. The lowest BCUT2D eigenvalue weighted by Gasteiger charge is -2.44. The Morgan fingerprint density at radius 1 is 1.35 bits per heavy atom. The Hall–Kier alpha value is -0.610. The van der Waals surface area contributed by atoms with Gasteiger partial charge in [-0.05, 0) is 32.6 Å². The van der Waals surface area contributed by atoms with Crippen LogP contribution in [0.3, 0.4) is 0 Å². The van der Waals surface area contributed by atoms with Gasteiger partial charge >= 0.3 is 5.97 Å². The minimum atomic E-state index is -0.764. The highest BCUT2D eigenvalue weighted by molar-refractivity contribution is 5.69. The fourth-order valence-corrected chi connectivity index (χ4v) is 2.55. The summed E-state index contributed by atoms with van der Waals surface area (Å²) in [6.45, 7) is 9.07. The second-order valence-electron chi connectivity index (χ2n) is 5.24. The molecule has 2 N–H and O–H groups in total. The minimum Gasteiger partial charge on any atom is -0.480 e. The van der Waals surface area contributed by atoms with Gasteiger partial charge in [-0.15, -0.1) is 0 Å². The summed E-state index contributed by atoms with van der Waals surface area (Å²) in [5.74, 6) is -0.764. The summed E-state index contributed by atoms with van der Waals surface area (Å²) in [5.41, 5.74) is 0.317. The molecular weight excluding hydrogens is 216 g/mol. The third kappa shape index (κ3) is 3.96. The van der Waals surface area contributed by atoms with Gasteiger partial charge in [0.1, 0.15) is 0 Å². The number of carboxylic acid groups (broad SMARTS) is 1. The number of carboxylic acids is 1. The second-order valence-corrected chi connectivity index (χ2v) is 5.24. The van der Waals surface area contributed by atoms with Crippen molar-refractivity contribution in [2.75, 3.05) is 19.6 Å². The lowest BCUT2D eigenvalue weighted by atomic mass is 9.90. The highest BCUT2D eigenvalue weighted by Crippen LogP contribution is 2.26. The van der Waals surface area contributed by atoms with E-state index in [2.05, 4.69) is 31.0 Å². The highest BCUT2D eigenvalue weighted by atomic mass is 16.4. The lowest BCUT2D eigenvalue weighted by molar-refractivity contribution is -0.136. The number of likely N-dealkylation sites (tertiary alicyclic amines) is 1. The normalized spacial score (nSPS) is 19.5. The molecule has 0 radical (unpaired) electrons. The van der Waals surface area contributed by atoms with E-state index < -0.39 is 5.97 Å². The Morgan fingerprint density at radius 2 is 1.88 bits per heavy atom. The fraction of sp³-hybridized carbons (Fsp3) is 0.923. The van der Waals surface area contributed by atoms with Crippen molar-refractivity contribution in [3.05, 3.63) is 0 Å². The molecule has 0 saturated carbocycles. The van der Waals surface area contributed by atoms with Crippen LogP contribution in [-0.2, 0) is 4.79 Å². The van der Waals surface area contributed by atoms with E-state index >= 15 is 0 Å². The first kappa shape index (κ1) is 14.5. The van der Waals surface area contributed by atoms with Crippen molar-refractivity contribution in [1.82, 2.24) is 10.2 Å². The van der Waals surface area contributed by atoms with Crippen LogP contribution in [0, 0.1) is 0 Å². The Balaban J connectivity index is 2.37. The number of piperidine rings is 1. The molecule has 0 amide bonds. The zero-order chi connectivity index (χ0) is 12.9. The molecule has 100 valence electrons.